The summed E-state index contributed by atoms with van der Waals surface area (Å²) in [5, 5.41) is 0. The molecule has 1 nitrogen and oxygen atoms in total. The molecule has 1 rings (SSSR count). The van der Waals surface area contributed by atoms with Crippen molar-refractivity contribution in [1.29, 1.82) is 0 Å². The minimum atomic E-state index is 1.05. The van der Waals surface area contributed by atoms with Gasteiger partial charge in [-0.25, -0.2) is 0 Å². The van der Waals surface area contributed by atoms with Crippen molar-refractivity contribution >= 4 is 12.3 Å². The molecule has 0 atom stereocenters. The van der Waals surface area contributed by atoms with Gasteiger partial charge in [-0.3, -0.25) is 4.99 Å². The van der Waals surface area contributed by atoms with E-state index in [-0.39, 0.29) is 0 Å². The van der Waals surface area contributed by atoms with E-state index in [1.165, 1.54) is 11.1 Å². The van der Waals surface area contributed by atoms with E-state index in [1.54, 1.807) is 6.20 Å². The van der Waals surface area contributed by atoms with Crippen LogP contribution in [0.5, 0.6) is 0 Å². The largest absolute Gasteiger partial charge is 0.265 e. The molecular weight excluding hydrogens is 230 g/mol. The van der Waals surface area contributed by atoms with E-state index in [0.29, 0.717) is 0 Å². The number of allylic oxidation sites excluding steroid dienone is 1. The number of rotatable bonds is 4. The van der Waals surface area contributed by atoms with E-state index < -0.39 is 0 Å². The van der Waals surface area contributed by atoms with Crippen LogP contribution >= 0.6 is 0 Å². The molecule has 0 fully saturated rings. The number of aryl methyl sites for hydroxylation is 1. The first-order valence-corrected chi connectivity index (χ1v) is 7.21. The van der Waals surface area contributed by atoms with Crippen LogP contribution in [0.4, 0.5) is 0 Å². The van der Waals surface area contributed by atoms with Gasteiger partial charge in [-0.2, -0.15) is 0 Å². The summed E-state index contributed by atoms with van der Waals surface area (Å²) in [6, 6.07) is 6.45. The molecule has 0 aliphatic heterocycles. The summed E-state index contributed by atoms with van der Waals surface area (Å²) in [4.78, 5) is 4.07. The van der Waals surface area contributed by atoms with Crippen LogP contribution in [0.15, 0.2) is 42.0 Å². The standard InChI is InChI=1S/C14H17N.2C2H6/c1-4-7-13-9-8-12(5-2)10-14(13)11-15-6-3;2*1-2/h4,6-11H,3,5H2,1-2H3;2*1-2H3/b7-4-,15-11?;;. The minimum absolute atomic E-state index is 1.05. The number of hydrogen-bond acceptors (Lipinski definition) is 1. The first kappa shape index (κ1) is 19.7. The van der Waals surface area contributed by atoms with Crippen LogP contribution in [0.2, 0.25) is 0 Å². The van der Waals surface area contributed by atoms with Gasteiger partial charge in [-0.05, 0) is 30.5 Å². The van der Waals surface area contributed by atoms with Crippen molar-refractivity contribution in [2.75, 3.05) is 0 Å². The molecule has 0 radical (unpaired) electrons. The van der Waals surface area contributed by atoms with Gasteiger partial charge in [0.15, 0.2) is 0 Å². The Morgan fingerprint density at radius 3 is 2.21 bits per heavy atom. The maximum absolute atomic E-state index is 4.07. The smallest absolute Gasteiger partial charge is 0.0346 e. The lowest BCUT2D eigenvalue weighted by atomic mass is 10.0. The highest BCUT2D eigenvalue weighted by Gasteiger charge is 1.97. The number of nitrogens with zero attached hydrogens (tertiary/aromatic N) is 1. The zero-order valence-corrected chi connectivity index (χ0v) is 13.4. The van der Waals surface area contributed by atoms with Crippen molar-refractivity contribution < 1.29 is 0 Å². The van der Waals surface area contributed by atoms with E-state index in [4.69, 9.17) is 0 Å². The molecule has 0 unspecified atom stereocenters. The molecule has 1 aromatic rings. The highest BCUT2D eigenvalue weighted by atomic mass is 14.7. The molecule has 0 heterocycles. The molecule has 1 heteroatoms. The summed E-state index contributed by atoms with van der Waals surface area (Å²) >= 11 is 0. The zero-order valence-electron chi connectivity index (χ0n) is 13.4. The Balaban J connectivity index is 0. The van der Waals surface area contributed by atoms with E-state index in [0.717, 1.165) is 12.0 Å². The zero-order chi connectivity index (χ0) is 15.1. The average Bonchev–Trinajstić information content (AvgIpc) is 2.50. The highest BCUT2D eigenvalue weighted by Crippen LogP contribution is 2.13. The third-order valence-electron chi connectivity index (χ3n) is 2.22. The first-order chi connectivity index (χ1) is 9.31. The lowest BCUT2D eigenvalue weighted by Crippen LogP contribution is -1.90. The third kappa shape index (κ3) is 8.15. The maximum atomic E-state index is 4.07. The van der Waals surface area contributed by atoms with E-state index in [2.05, 4.69) is 42.8 Å². The van der Waals surface area contributed by atoms with Gasteiger partial charge in [-0.1, -0.05) is 65.5 Å². The van der Waals surface area contributed by atoms with Crippen molar-refractivity contribution in [3.05, 3.63) is 53.7 Å². The summed E-state index contributed by atoms with van der Waals surface area (Å²) in [5.74, 6) is 0. The van der Waals surface area contributed by atoms with E-state index in [9.17, 15) is 0 Å². The van der Waals surface area contributed by atoms with Gasteiger partial charge >= 0.3 is 0 Å². The second-order valence-corrected chi connectivity index (χ2v) is 3.28. The third-order valence-corrected chi connectivity index (χ3v) is 2.22. The fourth-order valence-electron chi connectivity index (χ4n) is 1.42. The lowest BCUT2D eigenvalue weighted by Gasteiger charge is -2.03. The number of benzene rings is 1. The molecule has 0 amide bonds. The molecule has 0 saturated carbocycles. The van der Waals surface area contributed by atoms with Crippen LogP contribution in [-0.2, 0) is 6.42 Å². The van der Waals surface area contributed by atoms with Crippen molar-refractivity contribution in [3.8, 4) is 0 Å². The summed E-state index contributed by atoms with van der Waals surface area (Å²) < 4.78 is 0. The van der Waals surface area contributed by atoms with Gasteiger partial charge in [0.25, 0.3) is 0 Å². The average molecular weight is 259 g/mol. The van der Waals surface area contributed by atoms with Gasteiger partial charge in [-0.15, -0.1) is 0 Å². The van der Waals surface area contributed by atoms with Crippen LogP contribution in [-0.4, -0.2) is 6.21 Å². The SMILES string of the molecule is C=CN=Cc1cc(CC)ccc1/C=C\C.CC.CC. The Labute approximate surface area is 119 Å². The molecule has 0 spiro atoms. The van der Waals surface area contributed by atoms with Crippen LogP contribution in [0.25, 0.3) is 6.08 Å². The van der Waals surface area contributed by atoms with Crippen LogP contribution < -0.4 is 0 Å². The van der Waals surface area contributed by atoms with Crippen LogP contribution in [0.3, 0.4) is 0 Å². The molecule has 0 saturated heterocycles. The molecule has 0 aliphatic carbocycles. The fraction of sp³-hybridized carbons (Fsp3) is 0.389. The second-order valence-electron chi connectivity index (χ2n) is 3.28. The molecule has 0 N–H and O–H groups in total. The Morgan fingerprint density at radius 2 is 1.74 bits per heavy atom. The molecule has 1 aromatic carbocycles. The quantitative estimate of drug-likeness (QED) is 0.597. The fourth-order valence-corrected chi connectivity index (χ4v) is 1.42. The Kier molecular flexibility index (Phi) is 15.0. The summed E-state index contributed by atoms with van der Waals surface area (Å²) in [6.07, 6.45) is 8.57. The molecule has 0 aliphatic rings. The van der Waals surface area contributed by atoms with E-state index in [1.807, 2.05) is 46.9 Å². The van der Waals surface area contributed by atoms with Gasteiger partial charge < -0.3 is 0 Å². The molecular formula is C18H29N. The first-order valence-electron chi connectivity index (χ1n) is 7.21. The Bertz CT molecular complexity index is 387. The summed E-state index contributed by atoms with van der Waals surface area (Å²) in [5.41, 5.74) is 3.67. The maximum Gasteiger partial charge on any atom is 0.0346 e. The molecule has 0 bridgehead atoms. The number of aliphatic imine (C=N–C) groups is 1. The molecule has 19 heavy (non-hydrogen) atoms. The highest BCUT2D eigenvalue weighted by molar-refractivity contribution is 5.86. The monoisotopic (exact) mass is 259 g/mol. The Hall–Kier alpha value is -1.63. The van der Waals surface area contributed by atoms with Gasteiger partial charge in [0.2, 0.25) is 0 Å². The normalized spacial score (nSPS) is 9.58. The topological polar surface area (TPSA) is 12.4 Å². The minimum Gasteiger partial charge on any atom is -0.265 e. The van der Waals surface area contributed by atoms with Crippen LogP contribution in [0.1, 0.15) is 58.2 Å². The van der Waals surface area contributed by atoms with Crippen molar-refractivity contribution in [2.45, 2.75) is 48.0 Å². The summed E-state index contributed by atoms with van der Waals surface area (Å²) in [6.45, 7) is 15.7. The second kappa shape index (κ2) is 14.4. The van der Waals surface area contributed by atoms with Crippen molar-refractivity contribution in [2.24, 2.45) is 4.99 Å². The lowest BCUT2D eigenvalue weighted by molar-refractivity contribution is 1.14. The number of hydrogen-bond donors (Lipinski definition) is 0. The Morgan fingerprint density at radius 1 is 1.11 bits per heavy atom. The molecule has 0 aromatic heterocycles. The van der Waals surface area contributed by atoms with E-state index >= 15 is 0 Å². The predicted molar refractivity (Wildman–Crippen MR) is 91.0 cm³/mol. The van der Waals surface area contributed by atoms with Crippen molar-refractivity contribution in [3.63, 3.8) is 0 Å². The van der Waals surface area contributed by atoms with Gasteiger partial charge in [0.1, 0.15) is 0 Å². The summed E-state index contributed by atoms with van der Waals surface area (Å²) in [7, 11) is 0. The molecule has 106 valence electrons. The van der Waals surface area contributed by atoms with Crippen molar-refractivity contribution in [1.82, 2.24) is 0 Å². The van der Waals surface area contributed by atoms with Crippen LogP contribution in [0, 0.1) is 0 Å². The van der Waals surface area contributed by atoms with Gasteiger partial charge in [0.05, 0.1) is 0 Å². The predicted octanol–water partition coefficient (Wildman–Crippen LogP) is 5.90. The van der Waals surface area contributed by atoms with Gasteiger partial charge in [0, 0.05) is 18.0 Å².